The molecule has 0 bridgehead atoms. The highest BCUT2D eigenvalue weighted by atomic mass is 16.6. The molecule has 0 heterocycles. The van der Waals surface area contributed by atoms with Gasteiger partial charge in [-0.15, -0.1) is 0 Å². The molecule has 2 atom stereocenters. The largest absolute Gasteiger partial charge is 0.450 e. The van der Waals surface area contributed by atoms with Crippen molar-refractivity contribution in [3.8, 4) is 0 Å². The highest BCUT2D eigenvalue weighted by molar-refractivity contribution is 5.68. The van der Waals surface area contributed by atoms with Gasteiger partial charge >= 0.3 is 12.2 Å². The molecule has 2 unspecified atom stereocenters. The molecular formula is C18H34N2O4. The maximum absolute atomic E-state index is 11.9. The van der Waals surface area contributed by atoms with Crippen LogP contribution in [0.3, 0.4) is 0 Å². The highest BCUT2D eigenvalue weighted by Gasteiger charge is 2.42. The van der Waals surface area contributed by atoms with Crippen molar-refractivity contribution >= 4 is 12.2 Å². The summed E-state index contributed by atoms with van der Waals surface area (Å²) in [6.07, 6.45) is 2.61. The zero-order valence-electron chi connectivity index (χ0n) is 16.0. The van der Waals surface area contributed by atoms with Gasteiger partial charge in [0, 0.05) is 12.6 Å². The molecule has 1 rings (SSSR count). The number of carbonyl (C=O) groups excluding carboxylic acids is 2. The zero-order valence-corrected chi connectivity index (χ0v) is 16.0. The Labute approximate surface area is 146 Å². The molecule has 0 aromatic rings. The van der Waals surface area contributed by atoms with Gasteiger partial charge in [-0.25, -0.2) is 9.59 Å². The second-order valence-electron chi connectivity index (χ2n) is 8.34. The van der Waals surface area contributed by atoms with Crippen molar-refractivity contribution in [2.24, 2.45) is 10.8 Å². The minimum absolute atomic E-state index is 0.0402. The fourth-order valence-corrected chi connectivity index (χ4v) is 3.82. The van der Waals surface area contributed by atoms with Gasteiger partial charge in [0.25, 0.3) is 0 Å². The van der Waals surface area contributed by atoms with Crippen LogP contribution in [0.25, 0.3) is 0 Å². The van der Waals surface area contributed by atoms with Crippen LogP contribution >= 0.6 is 0 Å². The third-order valence-corrected chi connectivity index (χ3v) is 4.21. The zero-order chi connectivity index (χ0) is 18.4. The van der Waals surface area contributed by atoms with E-state index in [0.29, 0.717) is 13.2 Å². The van der Waals surface area contributed by atoms with Crippen LogP contribution in [-0.2, 0) is 9.47 Å². The first-order valence-electron chi connectivity index (χ1n) is 8.93. The van der Waals surface area contributed by atoms with Crippen LogP contribution in [0, 0.1) is 10.8 Å². The molecular weight excluding hydrogens is 308 g/mol. The van der Waals surface area contributed by atoms with Crippen molar-refractivity contribution in [3.05, 3.63) is 0 Å². The predicted molar refractivity (Wildman–Crippen MR) is 93.9 cm³/mol. The fraction of sp³-hybridized carbons (Fsp3) is 0.889. The Hall–Kier alpha value is -1.46. The van der Waals surface area contributed by atoms with Crippen molar-refractivity contribution < 1.29 is 19.1 Å². The lowest BCUT2D eigenvalue weighted by atomic mass is 9.62. The molecule has 0 aromatic carbocycles. The summed E-state index contributed by atoms with van der Waals surface area (Å²) in [6, 6.07) is 0.0402. The van der Waals surface area contributed by atoms with Crippen molar-refractivity contribution in [2.45, 2.75) is 79.4 Å². The lowest BCUT2D eigenvalue weighted by Gasteiger charge is -2.46. The first kappa shape index (κ1) is 20.6. The molecule has 0 radical (unpaired) electrons. The Balaban J connectivity index is 2.62. The monoisotopic (exact) mass is 342 g/mol. The minimum atomic E-state index is -0.370. The summed E-state index contributed by atoms with van der Waals surface area (Å²) in [5.74, 6) is 0. The Morgan fingerprint density at radius 3 is 2.42 bits per heavy atom. The third kappa shape index (κ3) is 7.41. The fourth-order valence-electron chi connectivity index (χ4n) is 3.82. The molecule has 24 heavy (non-hydrogen) atoms. The maximum Gasteiger partial charge on any atom is 0.407 e. The molecule has 1 fully saturated rings. The second kappa shape index (κ2) is 8.58. The lowest BCUT2D eigenvalue weighted by Crippen LogP contribution is -2.50. The number of ether oxygens (including phenoxy) is 2. The Morgan fingerprint density at radius 1 is 1.17 bits per heavy atom. The SMILES string of the molecule is CCCOC(=O)NCC1(C)CC(NC(=O)OC(C)C)CC(C)(C)C1. The summed E-state index contributed by atoms with van der Waals surface area (Å²) in [6.45, 7) is 13.1. The van der Waals surface area contributed by atoms with E-state index in [9.17, 15) is 9.59 Å². The molecule has 0 saturated heterocycles. The number of rotatable bonds is 6. The summed E-state index contributed by atoms with van der Waals surface area (Å²) in [5, 5.41) is 5.84. The molecule has 1 aliphatic carbocycles. The molecule has 1 saturated carbocycles. The van der Waals surface area contributed by atoms with Crippen LogP contribution in [0.1, 0.15) is 67.2 Å². The molecule has 0 spiro atoms. The number of alkyl carbamates (subject to hydrolysis) is 2. The van der Waals surface area contributed by atoms with E-state index in [1.54, 1.807) is 0 Å². The van der Waals surface area contributed by atoms with Crippen LogP contribution in [-0.4, -0.2) is 37.5 Å². The van der Waals surface area contributed by atoms with E-state index >= 15 is 0 Å². The number of carbonyl (C=O) groups is 2. The van der Waals surface area contributed by atoms with Crippen LogP contribution < -0.4 is 10.6 Å². The molecule has 6 heteroatoms. The molecule has 1 aliphatic rings. The molecule has 0 aliphatic heterocycles. The van der Waals surface area contributed by atoms with Gasteiger partial charge < -0.3 is 20.1 Å². The Kier molecular flexibility index (Phi) is 7.36. The van der Waals surface area contributed by atoms with Crippen molar-refractivity contribution in [1.82, 2.24) is 10.6 Å². The summed E-state index contributed by atoms with van der Waals surface area (Å²) in [7, 11) is 0. The average Bonchev–Trinajstić information content (AvgIpc) is 2.39. The van der Waals surface area contributed by atoms with E-state index < -0.39 is 0 Å². The maximum atomic E-state index is 11.9. The van der Waals surface area contributed by atoms with Gasteiger partial charge in [0.05, 0.1) is 12.7 Å². The van der Waals surface area contributed by atoms with E-state index in [1.165, 1.54) is 0 Å². The van der Waals surface area contributed by atoms with Gasteiger partial charge in [-0.2, -0.15) is 0 Å². The van der Waals surface area contributed by atoms with E-state index in [4.69, 9.17) is 9.47 Å². The number of nitrogens with one attached hydrogen (secondary N) is 2. The number of hydrogen-bond acceptors (Lipinski definition) is 4. The third-order valence-electron chi connectivity index (χ3n) is 4.21. The van der Waals surface area contributed by atoms with E-state index in [0.717, 1.165) is 25.7 Å². The first-order chi connectivity index (χ1) is 11.1. The van der Waals surface area contributed by atoms with Gasteiger partial charge in [0.2, 0.25) is 0 Å². The lowest BCUT2D eigenvalue weighted by molar-refractivity contribution is 0.0580. The molecule has 140 valence electrons. The van der Waals surface area contributed by atoms with Crippen LogP contribution in [0.2, 0.25) is 0 Å². The van der Waals surface area contributed by atoms with E-state index in [-0.39, 0.29) is 35.2 Å². The van der Waals surface area contributed by atoms with Crippen molar-refractivity contribution in [2.75, 3.05) is 13.2 Å². The van der Waals surface area contributed by atoms with Gasteiger partial charge in [0.15, 0.2) is 0 Å². The minimum Gasteiger partial charge on any atom is -0.450 e. The Morgan fingerprint density at radius 2 is 1.83 bits per heavy atom. The van der Waals surface area contributed by atoms with Gasteiger partial charge in [-0.1, -0.05) is 27.7 Å². The molecule has 0 aromatic heterocycles. The van der Waals surface area contributed by atoms with Gasteiger partial charge in [-0.05, 0) is 50.4 Å². The molecule has 6 nitrogen and oxygen atoms in total. The van der Waals surface area contributed by atoms with Gasteiger partial charge in [0.1, 0.15) is 0 Å². The average molecular weight is 342 g/mol. The van der Waals surface area contributed by atoms with Crippen molar-refractivity contribution in [1.29, 1.82) is 0 Å². The van der Waals surface area contributed by atoms with E-state index in [2.05, 4.69) is 31.4 Å². The first-order valence-corrected chi connectivity index (χ1v) is 8.93. The van der Waals surface area contributed by atoms with Crippen LogP contribution in [0.5, 0.6) is 0 Å². The smallest absolute Gasteiger partial charge is 0.407 e. The summed E-state index contributed by atoms with van der Waals surface area (Å²) in [4.78, 5) is 23.6. The summed E-state index contributed by atoms with van der Waals surface area (Å²) in [5.41, 5.74) is -0.0134. The second-order valence-corrected chi connectivity index (χ2v) is 8.34. The van der Waals surface area contributed by atoms with Gasteiger partial charge in [-0.3, -0.25) is 0 Å². The topological polar surface area (TPSA) is 76.7 Å². The highest BCUT2D eigenvalue weighted by Crippen LogP contribution is 2.45. The summed E-state index contributed by atoms with van der Waals surface area (Å²) < 4.78 is 10.3. The summed E-state index contributed by atoms with van der Waals surface area (Å²) >= 11 is 0. The number of amides is 2. The van der Waals surface area contributed by atoms with Crippen molar-refractivity contribution in [3.63, 3.8) is 0 Å². The van der Waals surface area contributed by atoms with Crippen LogP contribution in [0.4, 0.5) is 9.59 Å². The molecule has 2 N–H and O–H groups in total. The predicted octanol–water partition coefficient (Wildman–Crippen LogP) is 3.84. The standard InChI is InChI=1S/C18H34N2O4/c1-7-8-23-15(21)19-12-18(6)10-14(9-17(4,5)11-18)20-16(22)24-13(2)3/h13-14H,7-12H2,1-6H3,(H,19,21)(H,20,22). The Bertz CT molecular complexity index is 437. The molecule has 2 amide bonds. The van der Waals surface area contributed by atoms with E-state index in [1.807, 2.05) is 20.8 Å². The normalized spacial score (nSPS) is 25.9. The van der Waals surface area contributed by atoms with Crippen LogP contribution in [0.15, 0.2) is 0 Å². The quantitative estimate of drug-likeness (QED) is 0.769. The number of hydrogen-bond donors (Lipinski definition) is 2.